The second-order valence-electron chi connectivity index (χ2n) is 4.05. The van der Waals surface area contributed by atoms with E-state index in [4.69, 9.17) is 10.2 Å². The molecule has 1 atom stereocenters. The van der Waals surface area contributed by atoms with Gasteiger partial charge in [-0.1, -0.05) is 0 Å². The van der Waals surface area contributed by atoms with Crippen LogP contribution in [0.5, 0.6) is 0 Å². The number of anilines is 1. The monoisotopic (exact) mass is 362 g/mol. The van der Waals surface area contributed by atoms with Gasteiger partial charge in [-0.25, -0.2) is 14.0 Å². The number of carboxylic acids is 2. The van der Waals surface area contributed by atoms with E-state index in [0.717, 1.165) is 12.1 Å². The number of carbonyl (C=O) groups excluding carboxylic acids is 1. The highest BCUT2D eigenvalue weighted by molar-refractivity contribution is 9.10. The molecule has 0 heterocycles. The molecule has 0 aromatic heterocycles. The summed E-state index contributed by atoms with van der Waals surface area (Å²) in [5, 5.41) is 21.9. The maximum absolute atomic E-state index is 12.9. The van der Waals surface area contributed by atoms with E-state index >= 15 is 0 Å². The van der Waals surface area contributed by atoms with E-state index in [1.807, 2.05) is 0 Å². The zero-order valence-electron chi connectivity index (χ0n) is 10.6. The lowest BCUT2D eigenvalue weighted by molar-refractivity contribution is -0.140. The molecule has 21 heavy (non-hydrogen) atoms. The number of carbonyl (C=O) groups is 3. The van der Waals surface area contributed by atoms with Crippen molar-refractivity contribution in [1.82, 2.24) is 5.32 Å². The lowest BCUT2D eigenvalue weighted by atomic mass is 10.1. The third kappa shape index (κ3) is 5.78. The van der Waals surface area contributed by atoms with Crippen LogP contribution in [0.15, 0.2) is 22.7 Å². The number of aliphatic carboxylic acids is 2. The molecule has 114 valence electrons. The number of rotatable bonds is 6. The fourth-order valence-corrected chi connectivity index (χ4v) is 1.88. The van der Waals surface area contributed by atoms with Crippen molar-refractivity contribution in [2.24, 2.45) is 0 Å². The molecule has 0 fully saturated rings. The molecule has 0 saturated carbocycles. The fraction of sp³-hybridized carbons (Fsp3) is 0.250. The highest BCUT2D eigenvalue weighted by Gasteiger charge is 2.21. The van der Waals surface area contributed by atoms with Gasteiger partial charge in [-0.2, -0.15) is 0 Å². The minimum absolute atomic E-state index is 0.247. The molecule has 1 aromatic carbocycles. The first-order valence-corrected chi connectivity index (χ1v) is 6.56. The van der Waals surface area contributed by atoms with Gasteiger partial charge in [0.05, 0.1) is 5.69 Å². The van der Waals surface area contributed by atoms with Crippen LogP contribution < -0.4 is 10.6 Å². The van der Waals surface area contributed by atoms with Crippen molar-refractivity contribution in [3.63, 3.8) is 0 Å². The number of amides is 2. The van der Waals surface area contributed by atoms with Crippen molar-refractivity contribution in [3.8, 4) is 0 Å². The topological polar surface area (TPSA) is 116 Å². The van der Waals surface area contributed by atoms with Gasteiger partial charge in [-0.3, -0.25) is 4.79 Å². The smallest absolute Gasteiger partial charge is 0.326 e. The van der Waals surface area contributed by atoms with Gasteiger partial charge in [0.25, 0.3) is 0 Å². The molecule has 1 rings (SSSR count). The van der Waals surface area contributed by atoms with Gasteiger partial charge in [0, 0.05) is 10.9 Å². The average Bonchev–Trinajstić information content (AvgIpc) is 2.37. The summed E-state index contributed by atoms with van der Waals surface area (Å²) in [5.41, 5.74) is 0.247. The predicted octanol–water partition coefficient (Wildman–Crippen LogP) is 2.03. The third-order valence-corrected chi connectivity index (χ3v) is 3.09. The Morgan fingerprint density at radius 1 is 1.29 bits per heavy atom. The highest BCUT2D eigenvalue weighted by Crippen LogP contribution is 2.22. The van der Waals surface area contributed by atoms with E-state index in [2.05, 4.69) is 26.6 Å². The summed E-state index contributed by atoms with van der Waals surface area (Å²) in [5.74, 6) is -3.01. The zero-order chi connectivity index (χ0) is 16.0. The third-order valence-electron chi connectivity index (χ3n) is 2.43. The molecule has 1 aromatic rings. The molecule has 9 heteroatoms. The Balaban J connectivity index is 2.65. The molecule has 0 radical (unpaired) electrons. The Kier molecular flexibility index (Phi) is 6.10. The SMILES string of the molecule is O=C(O)CCC(NC(=O)Nc1ccc(F)cc1Br)C(=O)O. The van der Waals surface area contributed by atoms with E-state index in [1.165, 1.54) is 6.07 Å². The highest BCUT2D eigenvalue weighted by atomic mass is 79.9. The number of hydrogen-bond donors (Lipinski definition) is 4. The second-order valence-corrected chi connectivity index (χ2v) is 4.90. The van der Waals surface area contributed by atoms with Crippen molar-refractivity contribution in [2.75, 3.05) is 5.32 Å². The van der Waals surface area contributed by atoms with Crippen molar-refractivity contribution in [2.45, 2.75) is 18.9 Å². The quantitative estimate of drug-likeness (QED) is 0.617. The number of halogens is 2. The Labute approximate surface area is 127 Å². The molecular formula is C12H12BrFN2O5. The normalized spacial score (nSPS) is 11.5. The predicted molar refractivity (Wildman–Crippen MR) is 74.5 cm³/mol. The molecule has 0 aliphatic carbocycles. The first-order chi connectivity index (χ1) is 9.79. The van der Waals surface area contributed by atoms with E-state index in [9.17, 15) is 18.8 Å². The number of nitrogens with one attached hydrogen (secondary N) is 2. The van der Waals surface area contributed by atoms with Gasteiger partial charge < -0.3 is 20.8 Å². The van der Waals surface area contributed by atoms with E-state index < -0.39 is 36.2 Å². The van der Waals surface area contributed by atoms with Crippen LogP contribution in [-0.4, -0.2) is 34.2 Å². The van der Waals surface area contributed by atoms with Gasteiger partial charge in [0.1, 0.15) is 11.9 Å². The largest absolute Gasteiger partial charge is 0.481 e. The van der Waals surface area contributed by atoms with Crippen LogP contribution >= 0.6 is 15.9 Å². The summed E-state index contributed by atoms with van der Waals surface area (Å²) < 4.78 is 13.2. The van der Waals surface area contributed by atoms with E-state index in [1.54, 1.807) is 0 Å². The van der Waals surface area contributed by atoms with Crippen LogP contribution in [0.4, 0.5) is 14.9 Å². The summed E-state index contributed by atoms with van der Waals surface area (Å²) in [7, 11) is 0. The maximum Gasteiger partial charge on any atom is 0.326 e. The first kappa shape index (κ1) is 16.9. The Hall–Kier alpha value is -2.16. The summed E-state index contributed by atoms with van der Waals surface area (Å²) in [6, 6.07) is 1.39. The second kappa shape index (κ2) is 7.58. The van der Waals surface area contributed by atoms with Gasteiger partial charge in [0.2, 0.25) is 0 Å². The van der Waals surface area contributed by atoms with Crippen LogP contribution in [0.2, 0.25) is 0 Å². The minimum atomic E-state index is -1.34. The molecular weight excluding hydrogens is 351 g/mol. The Morgan fingerprint density at radius 2 is 1.95 bits per heavy atom. The van der Waals surface area contributed by atoms with Gasteiger partial charge in [0.15, 0.2) is 0 Å². The first-order valence-electron chi connectivity index (χ1n) is 5.76. The lowest BCUT2D eigenvalue weighted by Crippen LogP contribution is -2.43. The number of urea groups is 1. The summed E-state index contributed by atoms with van der Waals surface area (Å²) in [6.07, 6.45) is -0.639. The fourth-order valence-electron chi connectivity index (χ4n) is 1.43. The Bertz CT molecular complexity index is 567. The summed E-state index contributed by atoms with van der Waals surface area (Å²) in [4.78, 5) is 33.0. The van der Waals surface area contributed by atoms with Crippen LogP contribution in [-0.2, 0) is 9.59 Å². The molecule has 2 amide bonds. The van der Waals surface area contributed by atoms with Crippen molar-refractivity contribution < 1.29 is 29.0 Å². The standard InChI is InChI=1S/C12H12BrFN2O5/c13-7-5-6(14)1-2-8(7)15-12(21)16-9(11(19)20)3-4-10(17)18/h1-2,5,9H,3-4H2,(H,17,18)(H,19,20)(H2,15,16,21). The van der Waals surface area contributed by atoms with E-state index in [-0.39, 0.29) is 16.6 Å². The van der Waals surface area contributed by atoms with Crippen molar-refractivity contribution >= 4 is 39.6 Å². The van der Waals surface area contributed by atoms with Gasteiger partial charge in [-0.15, -0.1) is 0 Å². The lowest BCUT2D eigenvalue weighted by Gasteiger charge is -2.14. The average molecular weight is 363 g/mol. The number of benzene rings is 1. The van der Waals surface area contributed by atoms with Crippen LogP contribution in [0.3, 0.4) is 0 Å². The molecule has 0 aliphatic rings. The molecule has 0 bridgehead atoms. The van der Waals surface area contributed by atoms with E-state index in [0.29, 0.717) is 0 Å². The molecule has 0 spiro atoms. The van der Waals surface area contributed by atoms with Crippen LogP contribution in [0.1, 0.15) is 12.8 Å². The number of carboxylic acid groups (broad SMARTS) is 2. The zero-order valence-corrected chi connectivity index (χ0v) is 12.2. The van der Waals surface area contributed by atoms with Gasteiger partial charge in [-0.05, 0) is 40.5 Å². The maximum atomic E-state index is 12.9. The van der Waals surface area contributed by atoms with Crippen molar-refractivity contribution in [1.29, 1.82) is 0 Å². The van der Waals surface area contributed by atoms with Crippen LogP contribution in [0.25, 0.3) is 0 Å². The summed E-state index contributed by atoms with van der Waals surface area (Å²) in [6.45, 7) is 0. The van der Waals surface area contributed by atoms with Crippen molar-refractivity contribution in [3.05, 3.63) is 28.5 Å². The Morgan fingerprint density at radius 3 is 2.48 bits per heavy atom. The minimum Gasteiger partial charge on any atom is -0.481 e. The summed E-state index contributed by atoms with van der Waals surface area (Å²) >= 11 is 3.04. The molecule has 4 N–H and O–H groups in total. The molecule has 0 aliphatic heterocycles. The van der Waals surface area contributed by atoms with Gasteiger partial charge >= 0.3 is 18.0 Å². The molecule has 0 saturated heterocycles. The molecule has 7 nitrogen and oxygen atoms in total. The van der Waals surface area contributed by atoms with Crippen LogP contribution in [0, 0.1) is 5.82 Å². The molecule has 1 unspecified atom stereocenters. The number of hydrogen-bond acceptors (Lipinski definition) is 3.